The van der Waals surface area contributed by atoms with Gasteiger partial charge in [0.25, 0.3) is 0 Å². The summed E-state index contributed by atoms with van der Waals surface area (Å²) in [5.41, 5.74) is 1.97. The van der Waals surface area contributed by atoms with E-state index in [-0.39, 0.29) is 30.0 Å². The van der Waals surface area contributed by atoms with Gasteiger partial charge in [-0.25, -0.2) is 4.79 Å². The number of piperidine rings is 1. The number of aromatic hydroxyl groups is 1. The summed E-state index contributed by atoms with van der Waals surface area (Å²) in [4.78, 5) is 29.7. The highest BCUT2D eigenvalue weighted by molar-refractivity contribution is 5.84. The molecule has 1 amide bonds. The van der Waals surface area contributed by atoms with Crippen LogP contribution in [0.3, 0.4) is 0 Å². The van der Waals surface area contributed by atoms with Crippen LogP contribution in [0.2, 0.25) is 0 Å². The van der Waals surface area contributed by atoms with Crippen molar-refractivity contribution in [2.45, 2.75) is 59.0 Å². The van der Waals surface area contributed by atoms with Gasteiger partial charge in [0.2, 0.25) is 5.91 Å². The zero-order valence-corrected chi connectivity index (χ0v) is 21.4. The first-order chi connectivity index (χ1) is 16.7. The van der Waals surface area contributed by atoms with Crippen molar-refractivity contribution < 1.29 is 19.8 Å². The molecule has 6 nitrogen and oxygen atoms in total. The molecule has 0 bridgehead atoms. The van der Waals surface area contributed by atoms with Gasteiger partial charge in [-0.2, -0.15) is 0 Å². The number of phenols is 1. The van der Waals surface area contributed by atoms with Crippen LogP contribution in [0.1, 0.15) is 57.7 Å². The lowest BCUT2D eigenvalue weighted by Crippen LogP contribution is -2.49. The molecule has 3 rings (SSSR count). The number of nitrogens with zero attached hydrogens (tertiary/aromatic N) is 2. The van der Waals surface area contributed by atoms with Crippen molar-refractivity contribution in [3.63, 3.8) is 0 Å². The Balaban J connectivity index is 1.77. The Hall–Kier alpha value is -2.86. The second-order valence-corrected chi connectivity index (χ2v) is 10.4. The van der Waals surface area contributed by atoms with Crippen LogP contribution in [0.25, 0.3) is 0 Å². The average molecular weight is 481 g/mol. The topological polar surface area (TPSA) is 81.1 Å². The minimum atomic E-state index is -0.971. The van der Waals surface area contributed by atoms with Gasteiger partial charge in [0.1, 0.15) is 11.8 Å². The number of likely N-dealkylation sites (tertiary alicyclic amines) is 1. The lowest BCUT2D eigenvalue weighted by atomic mass is 9.79. The van der Waals surface area contributed by atoms with Crippen LogP contribution in [0.15, 0.2) is 54.6 Å². The summed E-state index contributed by atoms with van der Waals surface area (Å²) in [7, 11) is 0. The number of aliphatic carboxylic acids is 1. The molecule has 2 N–H and O–H groups in total. The standard InChI is InChI=1S/C29H40N2O4/c1-20(2)19-31(26(29(34)35)17-23-9-6-5-7-10-23)27(33)14-16-30-15-13-21(3)22(4)28(30)24-11-8-12-25(32)18-24/h5-12,18,20-22,26,28,32H,13-17,19H2,1-4H3,(H,34,35)/t21-,22-,26+,28?/m1/s1. The molecule has 0 radical (unpaired) electrons. The summed E-state index contributed by atoms with van der Waals surface area (Å²) in [6.07, 6.45) is 1.60. The minimum absolute atomic E-state index is 0.108. The SMILES string of the molecule is CC(C)CN(C(=O)CCN1CC[C@@H](C)[C@@H](C)C1c1cccc(O)c1)[C@@H](Cc1ccccc1)C(=O)O. The van der Waals surface area contributed by atoms with Gasteiger partial charge in [0.05, 0.1) is 0 Å². The molecule has 2 aromatic carbocycles. The Labute approximate surface area is 209 Å². The van der Waals surface area contributed by atoms with Gasteiger partial charge in [0.15, 0.2) is 0 Å². The fourth-order valence-electron chi connectivity index (χ4n) is 5.24. The van der Waals surface area contributed by atoms with Crippen LogP contribution in [0.5, 0.6) is 5.75 Å². The van der Waals surface area contributed by atoms with E-state index in [0.717, 1.165) is 24.1 Å². The lowest BCUT2D eigenvalue weighted by molar-refractivity contribution is -0.151. The number of hydrogen-bond donors (Lipinski definition) is 2. The number of benzene rings is 2. The van der Waals surface area contributed by atoms with Crippen LogP contribution in [-0.2, 0) is 16.0 Å². The van der Waals surface area contributed by atoms with Crippen LogP contribution < -0.4 is 0 Å². The maximum atomic E-state index is 13.5. The van der Waals surface area contributed by atoms with Gasteiger partial charge < -0.3 is 15.1 Å². The Morgan fingerprint density at radius 1 is 1.09 bits per heavy atom. The summed E-state index contributed by atoms with van der Waals surface area (Å²) in [6.45, 7) is 10.3. The van der Waals surface area contributed by atoms with E-state index in [1.54, 1.807) is 11.0 Å². The second kappa shape index (κ2) is 12.2. The number of hydrogen-bond acceptors (Lipinski definition) is 4. The largest absolute Gasteiger partial charge is 0.508 e. The average Bonchev–Trinajstić information content (AvgIpc) is 2.82. The quantitative estimate of drug-likeness (QED) is 0.501. The highest BCUT2D eigenvalue weighted by atomic mass is 16.4. The van der Waals surface area contributed by atoms with Crippen molar-refractivity contribution >= 4 is 11.9 Å². The predicted molar refractivity (Wildman–Crippen MR) is 138 cm³/mol. The molecule has 0 aliphatic carbocycles. The Morgan fingerprint density at radius 2 is 1.80 bits per heavy atom. The molecular formula is C29H40N2O4. The summed E-state index contributed by atoms with van der Waals surface area (Å²) in [5.74, 6) is 0.222. The van der Waals surface area contributed by atoms with Gasteiger partial charge >= 0.3 is 5.97 Å². The zero-order valence-electron chi connectivity index (χ0n) is 21.4. The molecule has 0 saturated carbocycles. The van der Waals surface area contributed by atoms with Crippen molar-refractivity contribution in [2.24, 2.45) is 17.8 Å². The second-order valence-electron chi connectivity index (χ2n) is 10.4. The molecule has 2 aromatic rings. The van der Waals surface area contributed by atoms with Gasteiger partial charge in [-0.15, -0.1) is 0 Å². The molecule has 190 valence electrons. The maximum absolute atomic E-state index is 13.5. The Morgan fingerprint density at radius 3 is 2.43 bits per heavy atom. The number of phenolic OH excluding ortho intramolecular Hbond substituents is 1. The highest BCUT2D eigenvalue weighted by Gasteiger charge is 2.35. The number of amides is 1. The highest BCUT2D eigenvalue weighted by Crippen LogP contribution is 2.39. The molecule has 1 saturated heterocycles. The fraction of sp³-hybridized carbons (Fsp3) is 0.517. The third kappa shape index (κ3) is 7.07. The van der Waals surface area contributed by atoms with Crippen molar-refractivity contribution in [3.8, 4) is 5.75 Å². The number of carboxylic acid groups (broad SMARTS) is 1. The monoisotopic (exact) mass is 480 g/mol. The minimum Gasteiger partial charge on any atom is -0.508 e. The third-order valence-electron chi connectivity index (χ3n) is 7.30. The molecule has 0 aromatic heterocycles. The van der Waals surface area contributed by atoms with Crippen molar-refractivity contribution in [1.29, 1.82) is 0 Å². The fourth-order valence-corrected chi connectivity index (χ4v) is 5.24. The molecule has 0 spiro atoms. The van der Waals surface area contributed by atoms with E-state index in [1.807, 2.05) is 62.4 Å². The smallest absolute Gasteiger partial charge is 0.326 e. The number of carbonyl (C=O) groups excluding carboxylic acids is 1. The molecule has 6 heteroatoms. The van der Waals surface area contributed by atoms with E-state index in [1.165, 1.54) is 0 Å². The molecule has 1 fully saturated rings. The van der Waals surface area contributed by atoms with Crippen LogP contribution in [-0.4, -0.2) is 57.6 Å². The predicted octanol–water partition coefficient (Wildman–Crippen LogP) is 4.98. The van der Waals surface area contributed by atoms with E-state index in [4.69, 9.17) is 0 Å². The first-order valence-corrected chi connectivity index (χ1v) is 12.8. The van der Waals surface area contributed by atoms with Gasteiger partial charge in [-0.1, -0.05) is 70.2 Å². The molecule has 1 aliphatic heterocycles. The molecule has 1 unspecified atom stereocenters. The molecular weight excluding hydrogens is 440 g/mol. The summed E-state index contributed by atoms with van der Waals surface area (Å²) in [6, 6.07) is 16.1. The molecule has 35 heavy (non-hydrogen) atoms. The van der Waals surface area contributed by atoms with Gasteiger partial charge in [0, 0.05) is 32.0 Å². The molecule has 1 aliphatic rings. The summed E-state index contributed by atoms with van der Waals surface area (Å²) >= 11 is 0. The third-order valence-corrected chi connectivity index (χ3v) is 7.30. The number of rotatable bonds is 10. The van der Waals surface area contributed by atoms with Crippen LogP contribution >= 0.6 is 0 Å². The van der Waals surface area contributed by atoms with E-state index in [2.05, 4.69) is 18.7 Å². The molecule has 4 atom stereocenters. The van der Waals surface area contributed by atoms with Gasteiger partial charge in [-0.05, 0) is 54.0 Å². The van der Waals surface area contributed by atoms with Gasteiger partial charge in [-0.3, -0.25) is 9.69 Å². The van der Waals surface area contributed by atoms with Crippen LogP contribution in [0, 0.1) is 17.8 Å². The van der Waals surface area contributed by atoms with Crippen molar-refractivity contribution in [2.75, 3.05) is 19.6 Å². The maximum Gasteiger partial charge on any atom is 0.326 e. The Kier molecular flexibility index (Phi) is 9.33. The van der Waals surface area contributed by atoms with E-state index < -0.39 is 12.0 Å². The zero-order chi connectivity index (χ0) is 25.5. The lowest BCUT2D eigenvalue weighted by Gasteiger charge is -2.44. The first kappa shape index (κ1) is 26.7. The Bertz CT molecular complexity index is 978. The van der Waals surface area contributed by atoms with E-state index >= 15 is 0 Å². The van der Waals surface area contributed by atoms with Crippen LogP contribution in [0.4, 0.5) is 0 Å². The number of carbonyl (C=O) groups is 2. The summed E-state index contributed by atoms with van der Waals surface area (Å²) in [5, 5.41) is 20.1. The number of carboxylic acids is 1. The first-order valence-electron chi connectivity index (χ1n) is 12.8. The molecule has 1 heterocycles. The van der Waals surface area contributed by atoms with E-state index in [9.17, 15) is 19.8 Å². The normalized spacial score (nSPS) is 21.6. The van der Waals surface area contributed by atoms with Crippen molar-refractivity contribution in [3.05, 3.63) is 65.7 Å². The van der Waals surface area contributed by atoms with E-state index in [0.29, 0.717) is 31.3 Å². The summed E-state index contributed by atoms with van der Waals surface area (Å²) < 4.78 is 0. The van der Waals surface area contributed by atoms with Crippen molar-refractivity contribution in [1.82, 2.24) is 9.80 Å².